The molecule has 2 atom stereocenters. The van der Waals surface area contributed by atoms with Crippen LogP contribution < -0.4 is 5.32 Å². The predicted octanol–water partition coefficient (Wildman–Crippen LogP) is 4.46. The smallest absolute Gasteiger partial charge is 0.123 e. The minimum Gasteiger partial charge on any atom is -0.311 e. The molecular weight excluding hydrogens is 249 g/mol. The van der Waals surface area contributed by atoms with Crippen molar-refractivity contribution in [1.29, 1.82) is 0 Å². The van der Waals surface area contributed by atoms with Crippen molar-refractivity contribution in [3.05, 3.63) is 35.6 Å². The fourth-order valence-electron chi connectivity index (χ4n) is 4.19. The molecule has 2 fully saturated rings. The molecule has 2 saturated carbocycles. The number of benzene rings is 1. The SMILES string of the molecule is CC(Cc1ccc(F)cc1)NC1CCC12CCCCC2. The van der Waals surface area contributed by atoms with Gasteiger partial charge in [0, 0.05) is 12.1 Å². The lowest BCUT2D eigenvalue weighted by Crippen LogP contribution is -2.56. The van der Waals surface area contributed by atoms with Gasteiger partial charge in [0.25, 0.3) is 0 Å². The lowest BCUT2D eigenvalue weighted by Gasteiger charge is -2.53. The van der Waals surface area contributed by atoms with E-state index in [-0.39, 0.29) is 5.82 Å². The first kappa shape index (κ1) is 14.1. The molecule has 2 aliphatic rings. The summed E-state index contributed by atoms with van der Waals surface area (Å²) in [7, 11) is 0. The maximum Gasteiger partial charge on any atom is 0.123 e. The molecule has 0 saturated heterocycles. The highest BCUT2D eigenvalue weighted by molar-refractivity contribution is 5.17. The Morgan fingerprint density at radius 1 is 1.15 bits per heavy atom. The zero-order chi connectivity index (χ0) is 14.0. The van der Waals surface area contributed by atoms with Crippen molar-refractivity contribution in [2.24, 2.45) is 5.41 Å². The Hall–Kier alpha value is -0.890. The highest BCUT2D eigenvalue weighted by Crippen LogP contribution is 2.51. The molecule has 0 amide bonds. The Balaban J connectivity index is 1.53. The maximum atomic E-state index is 12.9. The van der Waals surface area contributed by atoms with Crippen molar-refractivity contribution in [3.63, 3.8) is 0 Å². The van der Waals surface area contributed by atoms with Crippen LogP contribution in [0.1, 0.15) is 57.4 Å². The summed E-state index contributed by atoms with van der Waals surface area (Å²) >= 11 is 0. The van der Waals surface area contributed by atoms with E-state index in [0.29, 0.717) is 11.5 Å². The fourth-order valence-corrected chi connectivity index (χ4v) is 4.19. The quantitative estimate of drug-likeness (QED) is 0.855. The van der Waals surface area contributed by atoms with Gasteiger partial charge in [-0.2, -0.15) is 0 Å². The summed E-state index contributed by atoms with van der Waals surface area (Å²) in [6, 6.07) is 8.14. The molecule has 3 rings (SSSR count). The third-order valence-electron chi connectivity index (χ3n) is 5.46. The summed E-state index contributed by atoms with van der Waals surface area (Å²) in [6.07, 6.45) is 10.9. The van der Waals surface area contributed by atoms with Gasteiger partial charge in [0.15, 0.2) is 0 Å². The summed E-state index contributed by atoms with van der Waals surface area (Å²) in [4.78, 5) is 0. The van der Waals surface area contributed by atoms with Gasteiger partial charge in [-0.25, -0.2) is 4.39 Å². The molecule has 20 heavy (non-hydrogen) atoms. The van der Waals surface area contributed by atoms with Crippen molar-refractivity contribution < 1.29 is 4.39 Å². The molecule has 0 bridgehead atoms. The third-order valence-corrected chi connectivity index (χ3v) is 5.46. The van der Waals surface area contributed by atoms with Gasteiger partial charge >= 0.3 is 0 Å². The van der Waals surface area contributed by atoms with Crippen molar-refractivity contribution in [2.45, 2.75) is 70.4 Å². The van der Waals surface area contributed by atoms with E-state index in [1.54, 1.807) is 12.1 Å². The van der Waals surface area contributed by atoms with Crippen LogP contribution in [0.4, 0.5) is 4.39 Å². The Labute approximate surface area is 122 Å². The monoisotopic (exact) mass is 275 g/mol. The van der Waals surface area contributed by atoms with Crippen LogP contribution in [0.2, 0.25) is 0 Å². The maximum absolute atomic E-state index is 12.9. The zero-order valence-corrected chi connectivity index (χ0v) is 12.5. The standard InChI is InChI=1S/C18H26FN/c1-14(13-15-5-7-16(19)8-6-15)20-17-9-12-18(17)10-3-2-4-11-18/h5-8,14,17,20H,2-4,9-13H2,1H3. The molecule has 1 N–H and O–H groups in total. The van der Waals surface area contributed by atoms with E-state index in [9.17, 15) is 4.39 Å². The normalized spacial score (nSPS) is 26.2. The summed E-state index contributed by atoms with van der Waals surface area (Å²) in [5.74, 6) is -0.144. The second-order valence-electron chi connectivity index (χ2n) is 6.91. The molecule has 2 heteroatoms. The largest absolute Gasteiger partial charge is 0.311 e. The summed E-state index contributed by atoms with van der Waals surface area (Å²) in [6.45, 7) is 2.26. The average Bonchev–Trinajstić information content (AvgIpc) is 2.47. The van der Waals surface area contributed by atoms with Crippen LogP contribution in [0.25, 0.3) is 0 Å². The van der Waals surface area contributed by atoms with E-state index in [4.69, 9.17) is 0 Å². The van der Waals surface area contributed by atoms with Crippen LogP contribution in [-0.4, -0.2) is 12.1 Å². The number of hydrogen-bond donors (Lipinski definition) is 1. The van der Waals surface area contributed by atoms with E-state index in [0.717, 1.165) is 12.5 Å². The third kappa shape index (κ3) is 2.90. The molecule has 1 spiro atoms. The van der Waals surface area contributed by atoms with E-state index >= 15 is 0 Å². The van der Waals surface area contributed by atoms with Crippen LogP contribution in [0.5, 0.6) is 0 Å². The molecule has 1 aromatic rings. The van der Waals surface area contributed by atoms with Gasteiger partial charge in [0.05, 0.1) is 0 Å². The van der Waals surface area contributed by atoms with Gasteiger partial charge in [-0.1, -0.05) is 31.4 Å². The van der Waals surface area contributed by atoms with Gasteiger partial charge in [-0.3, -0.25) is 0 Å². The van der Waals surface area contributed by atoms with Gasteiger partial charge in [-0.15, -0.1) is 0 Å². The first-order valence-electron chi connectivity index (χ1n) is 8.18. The zero-order valence-electron chi connectivity index (χ0n) is 12.5. The van der Waals surface area contributed by atoms with Gasteiger partial charge in [0.2, 0.25) is 0 Å². The Morgan fingerprint density at radius 2 is 1.85 bits per heavy atom. The number of nitrogens with one attached hydrogen (secondary N) is 1. The molecule has 110 valence electrons. The molecule has 0 radical (unpaired) electrons. The Bertz CT molecular complexity index is 433. The minimum absolute atomic E-state index is 0.144. The Morgan fingerprint density at radius 3 is 2.45 bits per heavy atom. The van der Waals surface area contributed by atoms with E-state index in [2.05, 4.69) is 12.2 Å². The first-order chi connectivity index (χ1) is 9.68. The van der Waals surface area contributed by atoms with Gasteiger partial charge < -0.3 is 5.32 Å². The second-order valence-corrected chi connectivity index (χ2v) is 6.91. The lowest BCUT2D eigenvalue weighted by molar-refractivity contribution is 0.0176. The molecule has 0 aromatic heterocycles. The van der Waals surface area contributed by atoms with Crippen LogP contribution in [0.3, 0.4) is 0 Å². The van der Waals surface area contributed by atoms with Crippen molar-refractivity contribution >= 4 is 0 Å². The molecule has 2 unspecified atom stereocenters. The van der Waals surface area contributed by atoms with Crippen LogP contribution >= 0.6 is 0 Å². The molecular formula is C18H26FN. The molecule has 0 heterocycles. The van der Waals surface area contributed by atoms with E-state index in [1.807, 2.05) is 12.1 Å². The summed E-state index contributed by atoms with van der Waals surface area (Å²) < 4.78 is 12.9. The first-order valence-corrected chi connectivity index (χ1v) is 8.18. The van der Waals surface area contributed by atoms with Gasteiger partial charge in [-0.05, 0) is 62.1 Å². The van der Waals surface area contributed by atoms with Crippen molar-refractivity contribution in [3.8, 4) is 0 Å². The van der Waals surface area contributed by atoms with E-state index in [1.165, 1.54) is 50.5 Å². The fraction of sp³-hybridized carbons (Fsp3) is 0.667. The highest BCUT2D eigenvalue weighted by atomic mass is 19.1. The van der Waals surface area contributed by atoms with Crippen LogP contribution in [0, 0.1) is 11.2 Å². The average molecular weight is 275 g/mol. The predicted molar refractivity (Wildman–Crippen MR) is 81.2 cm³/mol. The molecule has 1 aromatic carbocycles. The number of halogens is 1. The van der Waals surface area contributed by atoms with Crippen molar-refractivity contribution in [2.75, 3.05) is 0 Å². The lowest BCUT2D eigenvalue weighted by atomic mass is 9.57. The number of hydrogen-bond acceptors (Lipinski definition) is 1. The number of rotatable bonds is 4. The summed E-state index contributed by atoms with van der Waals surface area (Å²) in [5.41, 5.74) is 1.85. The topological polar surface area (TPSA) is 12.0 Å². The van der Waals surface area contributed by atoms with Crippen molar-refractivity contribution in [1.82, 2.24) is 5.32 Å². The molecule has 2 aliphatic carbocycles. The molecule has 1 nitrogen and oxygen atoms in total. The van der Waals surface area contributed by atoms with Crippen LogP contribution in [-0.2, 0) is 6.42 Å². The van der Waals surface area contributed by atoms with E-state index < -0.39 is 0 Å². The summed E-state index contributed by atoms with van der Waals surface area (Å²) in [5, 5.41) is 3.85. The Kier molecular flexibility index (Phi) is 4.11. The second kappa shape index (κ2) is 5.85. The minimum atomic E-state index is -0.144. The highest BCUT2D eigenvalue weighted by Gasteiger charge is 2.46. The van der Waals surface area contributed by atoms with Gasteiger partial charge in [0.1, 0.15) is 5.82 Å². The molecule has 0 aliphatic heterocycles. The van der Waals surface area contributed by atoms with Crippen LogP contribution in [0.15, 0.2) is 24.3 Å².